The summed E-state index contributed by atoms with van der Waals surface area (Å²) in [4.78, 5) is 18.5. The van der Waals surface area contributed by atoms with E-state index >= 15 is 0 Å². The molecule has 158 valence electrons. The highest BCUT2D eigenvalue weighted by atomic mass is 35.5. The molecule has 0 radical (unpaired) electrons. The number of nitrogens with one attached hydrogen (secondary N) is 1. The minimum atomic E-state index is -0.239. The zero-order valence-corrected chi connectivity index (χ0v) is 18.2. The second kappa shape index (κ2) is 9.10. The summed E-state index contributed by atoms with van der Waals surface area (Å²) in [6, 6.07) is 9.39. The number of aromatic nitrogens is 3. The molecule has 0 bridgehead atoms. The third-order valence-electron chi connectivity index (χ3n) is 5.29. The van der Waals surface area contributed by atoms with E-state index in [1.807, 2.05) is 31.2 Å². The molecule has 7 nitrogen and oxygen atoms in total. The third-order valence-corrected chi connectivity index (χ3v) is 5.88. The van der Waals surface area contributed by atoms with Crippen molar-refractivity contribution in [2.45, 2.75) is 32.2 Å². The van der Waals surface area contributed by atoms with Gasteiger partial charge in [0.2, 0.25) is 0 Å². The van der Waals surface area contributed by atoms with Crippen LogP contribution >= 0.6 is 23.2 Å². The third kappa shape index (κ3) is 4.47. The van der Waals surface area contributed by atoms with Crippen molar-refractivity contribution in [2.24, 2.45) is 0 Å². The highest BCUT2D eigenvalue weighted by Gasteiger charge is 2.26. The first-order valence-corrected chi connectivity index (χ1v) is 10.7. The van der Waals surface area contributed by atoms with Crippen molar-refractivity contribution >= 4 is 40.8 Å². The fourth-order valence-electron chi connectivity index (χ4n) is 3.69. The topological polar surface area (TPSA) is 71.8 Å². The van der Waals surface area contributed by atoms with Crippen molar-refractivity contribution in [2.75, 3.05) is 25.0 Å². The predicted octanol–water partition coefficient (Wildman–Crippen LogP) is 4.98. The van der Waals surface area contributed by atoms with Crippen molar-refractivity contribution < 1.29 is 9.53 Å². The maximum atomic E-state index is 12.0. The van der Waals surface area contributed by atoms with Crippen LogP contribution in [0.25, 0.3) is 5.65 Å². The van der Waals surface area contributed by atoms with Crippen LogP contribution in [0, 0.1) is 0 Å². The van der Waals surface area contributed by atoms with Gasteiger partial charge in [-0.1, -0.05) is 29.3 Å². The van der Waals surface area contributed by atoms with Crippen molar-refractivity contribution in [1.29, 1.82) is 0 Å². The zero-order chi connectivity index (χ0) is 21.1. The van der Waals surface area contributed by atoms with Crippen molar-refractivity contribution in [3.63, 3.8) is 0 Å². The lowest BCUT2D eigenvalue weighted by molar-refractivity contribution is 0.0968. The first-order chi connectivity index (χ1) is 14.5. The lowest BCUT2D eigenvalue weighted by Crippen LogP contribution is -2.38. The van der Waals surface area contributed by atoms with E-state index in [4.69, 9.17) is 32.9 Å². The number of ether oxygens (including phenoxy) is 1. The molecular formula is C21H23Cl2N5O2. The number of benzene rings is 1. The summed E-state index contributed by atoms with van der Waals surface area (Å²) < 4.78 is 6.89. The largest absolute Gasteiger partial charge is 0.450 e. The molecule has 1 aromatic carbocycles. The van der Waals surface area contributed by atoms with E-state index in [-0.39, 0.29) is 12.0 Å². The Labute approximate surface area is 184 Å². The Kier molecular flexibility index (Phi) is 6.29. The van der Waals surface area contributed by atoms with Crippen LogP contribution in [0.5, 0.6) is 0 Å². The SMILES string of the molecule is CCOC(=O)N1CCC(c2cc(NCc3ccc(Cl)cc3Cl)n3nccc3n2)CC1. The van der Waals surface area contributed by atoms with Crippen LogP contribution < -0.4 is 5.32 Å². The maximum absolute atomic E-state index is 12.0. The van der Waals surface area contributed by atoms with E-state index in [0.717, 1.165) is 35.6 Å². The van der Waals surface area contributed by atoms with Gasteiger partial charge in [-0.25, -0.2) is 9.78 Å². The van der Waals surface area contributed by atoms with Crippen LogP contribution in [0.4, 0.5) is 10.6 Å². The van der Waals surface area contributed by atoms with Crippen LogP contribution in [0.2, 0.25) is 10.0 Å². The van der Waals surface area contributed by atoms with Gasteiger partial charge >= 0.3 is 6.09 Å². The molecule has 0 unspecified atom stereocenters. The van der Waals surface area contributed by atoms with E-state index in [1.54, 1.807) is 21.7 Å². The van der Waals surface area contributed by atoms with Crippen molar-refractivity contribution in [3.8, 4) is 0 Å². The van der Waals surface area contributed by atoms with Gasteiger partial charge in [0.05, 0.1) is 12.8 Å². The number of hydrogen-bond donors (Lipinski definition) is 1. The molecule has 0 aliphatic carbocycles. The lowest BCUT2D eigenvalue weighted by atomic mass is 9.93. The second-order valence-corrected chi connectivity index (χ2v) is 8.06. The van der Waals surface area contributed by atoms with Crippen LogP contribution in [0.15, 0.2) is 36.5 Å². The van der Waals surface area contributed by atoms with E-state index in [0.29, 0.717) is 36.3 Å². The van der Waals surface area contributed by atoms with Crippen LogP contribution in [-0.2, 0) is 11.3 Å². The minimum Gasteiger partial charge on any atom is -0.450 e. The van der Waals surface area contributed by atoms with Crippen molar-refractivity contribution in [1.82, 2.24) is 19.5 Å². The molecule has 4 rings (SSSR count). The fraction of sp³-hybridized carbons (Fsp3) is 0.381. The van der Waals surface area contributed by atoms with Gasteiger partial charge in [0.1, 0.15) is 5.82 Å². The molecule has 0 spiro atoms. The summed E-state index contributed by atoms with van der Waals surface area (Å²) in [5.74, 6) is 1.12. The number of carbonyl (C=O) groups excluding carboxylic acids is 1. The normalized spacial score (nSPS) is 14.8. The average molecular weight is 448 g/mol. The van der Waals surface area contributed by atoms with Gasteiger partial charge in [0.15, 0.2) is 5.65 Å². The molecule has 1 aliphatic rings. The number of rotatable bonds is 5. The number of amides is 1. The number of likely N-dealkylation sites (tertiary alicyclic amines) is 1. The number of anilines is 1. The van der Waals surface area contributed by atoms with E-state index in [2.05, 4.69) is 10.4 Å². The zero-order valence-electron chi connectivity index (χ0n) is 16.6. The Morgan fingerprint density at radius 3 is 2.77 bits per heavy atom. The number of fused-ring (bicyclic) bond motifs is 1. The van der Waals surface area contributed by atoms with Gasteiger partial charge in [-0.05, 0) is 37.5 Å². The van der Waals surface area contributed by atoms with Gasteiger partial charge in [-0.2, -0.15) is 9.61 Å². The first-order valence-electron chi connectivity index (χ1n) is 9.99. The number of hydrogen-bond acceptors (Lipinski definition) is 5. The smallest absolute Gasteiger partial charge is 0.409 e. The highest BCUT2D eigenvalue weighted by Crippen LogP contribution is 2.29. The first kappa shape index (κ1) is 20.8. The van der Waals surface area contributed by atoms with E-state index in [9.17, 15) is 4.79 Å². The molecule has 9 heteroatoms. The molecule has 30 heavy (non-hydrogen) atoms. The van der Waals surface area contributed by atoms with E-state index in [1.165, 1.54) is 0 Å². The fourth-order valence-corrected chi connectivity index (χ4v) is 4.17. The molecule has 1 fully saturated rings. The Morgan fingerprint density at radius 1 is 1.23 bits per heavy atom. The van der Waals surface area contributed by atoms with Gasteiger partial charge in [-0.3, -0.25) is 0 Å². The average Bonchev–Trinajstić information content (AvgIpc) is 3.22. The molecule has 1 N–H and O–H groups in total. The van der Waals surface area contributed by atoms with E-state index < -0.39 is 0 Å². The molecule has 3 heterocycles. The molecule has 1 aliphatic heterocycles. The Balaban J connectivity index is 1.51. The van der Waals surface area contributed by atoms with Gasteiger partial charge in [-0.15, -0.1) is 0 Å². The second-order valence-electron chi connectivity index (χ2n) is 7.22. The van der Waals surface area contributed by atoms with Gasteiger partial charge in [0.25, 0.3) is 0 Å². The maximum Gasteiger partial charge on any atom is 0.409 e. The van der Waals surface area contributed by atoms with Crippen LogP contribution in [-0.4, -0.2) is 45.3 Å². The molecular weight excluding hydrogens is 425 g/mol. The summed E-state index contributed by atoms with van der Waals surface area (Å²) in [6.07, 6.45) is 3.19. The molecule has 1 amide bonds. The molecule has 0 atom stereocenters. The number of halogens is 2. The number of piperidine rings is 1. The summed E-state index contributed by atoms with van der Waals surface area (Å²) in [7, 11) is 0. The lowest BCUT2D eigenvalue weighted by Gasteiger charge is -2.31. The Bertz CT molecular complexity index is 1050. The van der Waals surface area contributed by atoms with Crippen LogP contribution in [0.1, 0.15) is 36.9 Å². The quantitative estimate of drug-likeness (QED) is 0.596. The molecule has 3 aromatic rings. The standard InChI is InChI=1S/C21H23Cl2N5O2/c1-2-30-21(29)27-9-6-14(7-10-27)18-12-20(28-19(26-18)5-8-25-28)24-13-15-3-4-16(22)11-17(15)23/h3-5,8,11-12,14,24H,2,6-7,9-10,13H2,1H3. The number of carbonyl (C=O) groups is 1. The summed E-state index contributed by atoms with van der Waals surface area (Å²) in [5.41, 5.74) is 2.73. The molecule has 1 saturated heterocycles. The van der Waals surface area contributed by atoms with Crippen molar-refractivity contribution in [3.05, 3.63) is 57.8 Å². The number of nitrogens with zero attached hydrogens (tertiary/aromatic N) is 4. The summed E-state index contributed by atoms with van der Waals surface area (Å²) in [6.45, 7) is 4.08. The van der Waals surface area contributed by atoms with Gasteiger partial charge < -0.3 is 15.0 Å². The summed E-state index contributed by atoms with van der Waals surface area (Å²) in [5, 5.41) is 9.03. The molecule has 0 saturated carbocycles. The molecule has 2 aromatic heterocycles. The van der Waals surface area contributed by atoms with Crippen LogP contribution in [0.3, 0.4) is 0 Å². The Hall–Kier alpha value is -2.51. The minimum absolute atomic E-state index is 0.239. The Morgan fingerprint density at radius 2 is 2.03 bits per heavy atom. The van der Waals surface area contributed by atoms with Gasteiger partial charge in [0, 0.05) is 53.4 Å². The summed E-state index contributed by atoms with van der Waals surface area (Å²) >= 11 is 12.3. The predicted molar refractivity (Wildman–Crippen MR) is 117 cm³/mol. The monoisotopic (exact) mass is 447 g/mol. The highest BCUT2D eigenvalue weighted by molar-refractivity contribution is 6.35.